The summed E-state index contributed by atoms with van der Waals surface area (Å²) in [4.78, 5) is 5.20. The number of nitrogens with one attached hydrogen (secondary N) is 1. The van der Waals surface area contributed by atoms with Crippen LogP contribution in [0.15, 0.2) is 0 Å². The molecule has 2 rings (SSSR count). The highest BCUT2D eigenvalue weighted by Gasteiger charge is 2.30. The van der Waals surface area contributed by atoms with E-state index in [9.17, 15) is 0 Å². The van der Waals surface area contributed by atoms with Gasteiger partial charge in [-0.2, -0.15) is 0 Å². The second-order valence-corrected chi connectivity index (χ2v) is 6.70. The van der Waals surface area contributed by atoms with Gasteiger partial charge in [-0.25, -0.2) is 0 Å². The lowest BCUT2D eigenvalue weighted by Crippen LogP contribution is -2.51. The van der Waals surface area contributed by atoms with Crippen LogP contribution in [0.25, 0.3) is 0 Å². The van der Waals surface area contributed by atoms with E-state index in [1.54, 1.807) is 0 Å². The largest absolute Gasteiger partial charge is 0.314 e. The zero-order chi connectivity index (χ0) is 13.7. The normalized spacial score (nSPS) is 33.8. The zero-order valence-corrected chi connectivity index (χ0v) is 13.2. The molecule has 0 aromatic heterocycles. The lowest BCUT2D eigenvalue weighted by molar-refractivity contribution is 0.0741. The molecule has 0 bridgehead atoms. The second-order valence-electron chi connectivity index (χ2n) is 6.70. The standard InChI is InChI=1S/C16H33N3/c1-4-10-17-14-7-5-8-15(12-14)19(3)16-9-6-11-18(2)13-16/h14-17H,4-13H2,1-3H3. The van der Waals surface area contributed by atoms with Gasteiger partial charge in [-0.05, 0) is 65.7 Å². The number of piperidine rings is 1. The van der Waals surface area contributed by atoms with Gasteiger partial charge in [-0.15, -0.1) is 0 Å². The maximum atomic E-state index is 3.73. The van der Waals surface area contributed by atoms with Gasteiger partial charge in [0.2, 0.25) is 0 Å². The van der Waals surface area contributed by atoms with Crippen LogP contribution in [-0.2, 0) is 0 Å². The van der Waals surface area contributed by atoms with Crippen molar-refractivity contribution in [2.24, 2.45) is 0 Å². The van der Waals surface area contributed by atoms with E-state index in [1.165, 1.54) is 64.6 Å². The minimum atomic E-state index is 0.766. The van der Waals surface area contributed by atoms with E-state index in [2.05, 4.69) is 36.1 Å². The quantitative estimate of drug-likeness (QED) is 0.825. The van der Waals surface area contributed by atoms with Crippen LogP contribution in [0.1, 0.15) is 51.9 Å². The summed E-state index contributed by atoms with van der Waals surface area (Å²) in [5.74, 6) is 0. The highest BCUT2D eigenvalue weighted by Crippen LogP contribution is 2.26. The van der Waals surface area contributed by atoms with Gasteiger partial charge in [0, 0.05) is 24.7 Å². The summed E-state index contributed by atoms with van der Waals surface area (Å²) in [5, 5.41) is 3.73. The van der Waals surface area contributed by atoms with Gasteiger partial charge in [-0.1, -0.05) is 13.3 Å². The van der Waals surface area contributed by atoms with Gasteiger partial charge in [-0.3, -0.25) is 4.90 Å². The van der Waals surface area contributed by atoms with Crippen LogP contribution >= 0.6 is 0 Å². The molecule has 0 aromatic carbocycles. The van der Waals surface area contributed by atoms with E-state index in [4.69, 9.17) is 0 Å². The summed E-state index contributed by atoms with van der Waals surface area (Å²) in [7, 11) is 4.64. The molecule has 3 nitrogen and oxygen atoms in total. The topological polar surface area (TPSA) is 18.5 Å². The Bertz CT molecular complexity index is 256. The number of likely N-dealkylation sites (tertiary alicyclic amines) is 1. The first-order valence-corrected chi connectivity index (χ1v) is 8.34. The molecule has 1 aliphatic heterocycles. The SMILES string of the molecule is CCCNC1CCCC(N(C)C2CCCN(C)C2)C1. The van der Waals surface area contributed by atoms with Crippen molar-refractivity contribution in [3.63, 3.8) is 0 Å². The third kappa shape index (κ3) is 4.44. The third-order valence-electron chi connectivity index (χ3n) is 5.08. The molecule has 0 spiro atoms. The van der Waals surface area contributed by atoms with E-state index in [1.807, 2.05) is 0 Å². The Morgan fingerprint density at radius 1 is 1.16 bits per heavy atom. The molecule has 3 atom stereocenters. The Kier molecular flexibility index (Phi) is 6.11. The first-order valence-electron chi connectivity index (χ1n) is 8.34. The molecule has 19 heavy (non-hydrogen) atoms. The smallest absolute Gasteiger partial charge is 0.0223 e. The maximum Gasteiger partial charge on any atom is 0.0223 e. The molecule has 3 unspecified atom stereocenters. The fourth-order valence-corrected chi connectivity index (χ4v) is 3.84. The molecular weight excluding hydrogens is 234 g/mol. The average molecular weight is 267 g/mol. The van der Waals surface area contributed by atoms with Crippen LogP contribution in [0.3, 0.4) is 0 Å². The average Bonchev–Trinajstić information content (AvgIpc) is 2.44. The number of hydrogen-bond donors (Lipinski definition) is 1. The molecule has 1 heterocycles. The van der Waals surface area contributed by atoms with Crippen LogP contribution in [0.5, 0.6) is 0 Å². The number of nitrogens with zero attached hydrogens (tertiary/aromatic N) is 2. The van der Waals surface area contributed by atoms with Gasteiger partial charge in [0.15, 0.2) is 0 Å². The van der Waals surface area contributed by atoms with Crippen LogP contribution in [0.2, 0.25) is 0 Å². The lowest BCUT2D eigenvalue weighted by Gasteiger charge is -2.43. The Labute approximate surface area is 119 Å². The van der Waals surface area contributed by atoms with Crippen LogP contribution in [0, 0.1) is 0 Å². The molecule has 2 fully saturated rings. The molecular formula is C16H33N3. The molecule has 3 heteroatoms. The van der Waals surface area contributed by atoms with Gasteiger partial charge in [0.05, 0.1) is 0 Å². The number of hydrogen-bond acceptors (Lipinski definition) is 3. The summed E-state index contributed by atoms with van der Waals surface area (Å²) < 4.78 is 0. The van der Waals surface area contributed by atoms with Gasteiger partial charge >= 0.3 is 0 Å². The predicted molar refractivity (Wildman–Crippen MR) is 82.6 cm³/mol. The van der Waals surface area contributed by atoms with Crippen molar-refractivity contribution < 1.29 is 0 Å². The van der Waals surface area contributed by atoms with E-state index >= 15 is 0 Å². The Morgan fingerprint density at radius 3 is 2.68 bits per heavy atom. The second kappa shape index (κ2) is 7.61. The van der Waals surface area contributed by atoms with E-state index in [0.29, 0.717) is 0 Å². The van der Waals surface area contributed by atoms with Crippen molar-refractivity contribution in [1.82, 2.24) is 15.1 Å². The third-order valence-corrected chi connectivity index (χ3v) is 5.08. The van der Waals surface area contributed by atoms with Crippen molar-refractivity contribution in [1.29, 1.82) is 0 Å². The zero-order valence-electron chi connectivity index (χ0n) is 13.2. The minimum Gasteiger partial charge on any atom is -0.314 e. The van der Waals surface area contributed by atoms with Gasteiger partial charge in [0.25, 0.3) is 0 Å². The van der Waals surface area contributed by atoms with Gasteiger partial charge < -0.3 is 10.2 Å². The minimum absolute atomic E-state index is 0.766. The molecule has 112 valence electrons. The van der Waals surface area contributed by atoms with Crippen molar-refractivity contribution in [3.05, 3.63) is 0 Å². The van der Waals surface area contributed by atoms with Crippen molar-refractivity contribution in [2.75, 3.05) is 33.7 Å². The molecule has 0 radical (unpaired) electrons. The lowest BCUT2D eigenvalue weighted by atomic mass is 9.88. The molecule has 0 aromatic rings. The Hall–Kier alpha value is -0.120. The fourth-order valence-electron chi connectivity index (χ4n) is 3.84. The summed E-state index contributed by atoms with van der Waals surface area (Å²) in [6, 6.07) is 2.36. The summed E-state index contributed by atoms with van der Waals surface area (Å²) in [6.45, 7) is 6.00. The molecule has 1 N–H and O–H groups in total. The van der Waals surface area contributed by atoms with E-state index in [-0.39, 0.29) is 0 Å². The summed E-state index contributed by atoms with van der Waals surface area (Å²) in [5.41, 5.74) is 0. The van der Waals surface area contributed by atoms with E-state index in [0.717, 1.165) is 18.1 Å². The van der Waals surface area contributed by atoms with Crippen molar-refractivity contribution in [2.45, 2.75) is 70.0 Å². The number of likely N-dealkylation sites (N-methyl/N-ethyl adjacent to an activating group) is 2. The van der Waals surface area contributed by atoms with Crippen molar-refractivity contribution >= 4 is 0 Å². The Balaban J connectivity index is 1.82. The molecule has 1 saturated carbocycles. The Morgan fingerprint density at radius 2 is 1.95 bits per heavy atom. The maximum absolute atomic E-state index is 3.73. The number of rotatable bonds is 5. The van der Waals surface area contributed by atoms with Crippen molar-refractivity contribution in [3.8, 4) is 0 Å². The fraction of sp³-hybridized carbons (Fsp3) is 1.00. The monoisotopic (exact) mass is 267 g/mol. The summed E-state index contributed by atoms with van der Waals surface area (Å²) in [6.07, 6.45) is 9.57. The highest BCUT2D eigenvalue weighted by molar-refractivity contribution is 4.87. The molecule has 2 aliphatic rings. The first kappa shape index (κ1) is 15.3. The molecule has 0 amide bonds. The summed E-state index contributed by atoms with van der Waals surface area (Å²) >= 11 is 0. The molecule has 1 aliphatic carbocycles. The predicted octanol–water partition coefficient (Wildman–Crippen LogP) is 2.32. The van der Waals surface area contributed by atoms with Crippen LogP contribution in [-0.4, -0.2) is 61.7 Å². The van der Waals surface area contributed by atoms with E-state index < -0.39 is 0 Å². The van der Waals surface area contributed by atoms with Crippen LogP contribution in [0.4, 0.5) is 0 Å². The van der Waals surface area contributed by atoms with Gasteiger partial charge in [0.1, 0.15) is 0 Å². The first-order chi connectivity index (χ1) is 9.20. The van der Waals surface area contributed by atoms with Crippen LogP contribution < -0.4 is 5.32 Å². The molecule has 1 saturated heterocycles. The highest BCUT2D eigenvalue weighted by atomic mass is 15.2.